The molecular weight excluding hydrogens is 534 g/mol. The van der Waals surface area contributed by atoms with E-state index in [0.29, 0.717) is 18.5 Å². The van der Waals surface area contributed by atoms with Crippen molar-refractivity contribution in [1.82, 2.24) is 10.2 Å². The van der Waals surface area contributed by atoms with Gasteiger partial charge in [-0.05, 0) is 81.0 Å². The van der Waals surface area contributed by atoms with Gasteiger partial charge >= 0.3 is 0 Å². The summed E-state index contributed by atoms with van der Waals surface area (Å²) in [5.41, 5.74) is 5.61. The van der Waals surface area contributed by atoms with E-state index in [-0.39, 0.29) is 37.4 Å². The number of sulfonamides is 1. The topological polar surface area (TPSA) is 86.8 Å². The lowest BCUT2D eigenvalue weighted by atomic mass is 10.0. The van der Waals surface area contributed by atoms with Crippen LogP contribution < -0.4 is 9.62 Å². The molecule has 8 heteroatoms. The van der Waals surface area contributed by atoms with E-state index in [2.05, 4.69) is 5.32 Å². The van der Waals surface area contributed by atoms with Crippen molar-refractivity contribution < 1.29 is 18.0 Å². The first-order valence-electron chi connectivity index (χ1n) is 14.1. The Hall–Kier alpha value is -3.65. The maximum atomic E-state index is 13.9. The number of anilines is 1. The van der Waals surface area contributed by atoms with Gasteiger partial charge in [0.25, 0.3) is 0 Å². The SMILES string of the molecule is Cc1ccc(N(CCCC(=O)N(Cc2ccccc2C)[C@H](Cc2ccccc2)C(=O)NC(C)C)S(C)(=O)=O)cc1C. The Morgan fingerprint density at radius 2 is 1.51 bits per heavy atom. The zero-order valence-corrected chi connectivity index (χ0v) is 25.9. The van der Waals surface area contributed by atoms with Gasteiger partial charge in [0.1, 0.15) is 6.04 Å². The van der Waals surface area contributed by atoms with Crippen LogP contribution in [0.4, 0.5) is 5.69 Å². The Bertz CT molecular complexity index is 1440. The summed E-state index contributed by atoms with van der Waals surface area (Å²) in [4.78, 5) is 29.1. The highest BCUT2D eigenvalue weighted by atomic mass is 32.2. The van der Waals surface area contributed by atoms with Crippen molar-refractivity contribution >= 4 is 27.5 Å². The molecule has 0 aliphatic heterocycles. The van der Waals surface area contributed by atoms with Gasteiger partial charge in [-0.1, -0.05) is 60.7 Å². The molecule has 1 atom stereocenters. The zero-order valence-electron chi connectivity index (χ0n) is 25.1. The Morgan fingerprint density at radius 3 is 2.12 bits per heavy atom. The third kappa shape index (κ3) is 9.18. The van der Waals surface area contributed by atoms with E-state index < -0.39 is 16.1 Å². The van der Waals surface area contributed by atoms with Gasteiger partial charge in [0, 0.05) is 32.0 Å². The van der Waals surface area contributed by atoms with Crippen molar-refractivity contribution in [2.75, 3.05) is 17.1 Å². The molecule has 0 fully saturated rings. The second-order valence-electron chi connectivity index (χ2n) is 11.0. The molecule has 0 aliphatic rings. The van der Waals surface area contributed by atoms with Crippen molar-refractivity contribution in [1.29, 1.82) is 0 Å². The van der Waals surface area contributed by atoms with Crippen LogP contribution in [-0.2, 0) is 32.6 Å². The van der Waals surface area contributed by atoms with Gasteiger partial charge in [0.15, 0.2) is 0 Å². The van der Waals surface area contributed by atoms with E-state index >= 15 is 0 Å². The third-order valence-corrected chi connectivity index (χ3v) is 8.43. The van der Waals surface area contributed by atoms with Gasteiger partial charge in [0.05, 0.1) is 11.9 Å². The van der Waals surface area contributed by atoms with E-state index in [9.17, 15) is 18.0 Å². The van der Waals surface area contributed by atoms with Crippen LogP contribution in [-0.4, -0.2) is 50.0 Å². The number of nitrogens with zero attached hydrogens (tertiary/aromatic N) is 2. The highest BCUT2D eigenvalue weighted by Gasteiger charge is 2.31. The Kier molecular flexibility index (Phi) is 11.1. The van der Waals surface area contributed by atoms with Crippen molar-refractivity contribution in [3.63, 3.8) is 0 Å². The maximum Gasteiger partial charge on any atom is 0.243 e. The van der Waals surface area contributed by atoms with Gasteiger partial charge in [0.2, 0.25) is 21.8 Å². The monoisotopic (exact) mass is 577 g/mol. The number of rotatable bonds is 13. The van der Waals surface area contributed by atoms with Crippen LogP contribution in [0.15, 0.2) is 72.8 Å². The largest absolute Gasteiger partial charge is 0.352 e. The Labute approximate surface area is 245 Å². The molecule has 3 aromatic carbocycles. The van der Waals surface area contributed by atoms with E-state index in [4.69, 9.17) is 0 Å². The summed E-state index contributed by atoms with van der Waals surface area (Å²) in [6.45, 7) is 10.2. The molecule has 0 saturated heterocycles. The number of hydrogen-bond acceptors (Lipinski definition) is 4. The molecule has 7 nitrogen and oxygen atoms in total. The molecule has 3 aromatic rings. The van der Waals surface area contributed by atoms with E-state index in [1.807, 2.05) is 101 Å². The predicted molar refractivity (Wildman–Crippen MR) is 166 cm³/mol. The lowest BCUT2D eigenvalue weighted by Gasteiger charge is -2.33. The number of carbonyl (C=O) groups excluding carboxylic acids is 2. The quantitative estimate of drug-likeness (QED) is 0.298. The van der Waals surface area contributed by atoms with Crippen LogP contribution >= 0.6 is 0 Å². The van der Waals surface area contributed by atoms with Crippen LogP contribution in [0.2, 0.25) is 0 Å². The maximum absolute atomic E-state index is 13.9. The number of amides is 2. The molecule has 1 N–H and O–H groups in total. The number of carbonyl (C=O) groups is 2. The Balaban J connectivity index is 1.89. The number of aryl methyl sites for hydroxylation is 3. The molecule has 0 aliphatic carbocycles. The smallest absolute Gasteiger partial charge is 0.243 e. The van der Waals surface area contributed by atoms with E-state index in [1.54, 1.807) is 11.0 Å². The van der Waals surface area contributed by atoms with Crippen molar-refractivity contribution in [2.24, 2.45) is 0 Å². The summed E-state index contributed by atoms with van der Waals surface area (Å²) in [6, 6.07) is 22.3. The molecule has 0 saturated carbocycles. The first-order valence-corrected chi connectivity index (χ1v) is 15.9. The van der Waals surface area contributed by atoms with Crippen molar-refractivity contribution in [3.05, 3.63) is 101 Å². The van der Waals surface area contributed by atoms with E-state index in [0.717, 1.165) is 27.8 Å². The molecule has 0 spiro atoms. The molecule has 3 rings (SSSR count). The molecule has 220 valence electrons. The average Bonchev–Trinajstić information content (AvgIpc) is 2.90. The first kappa shape index (κ1) is 31.9. The fourth-order valence-corrected chi connectivity index (χ4v) is 5.75. The van der Waals surface area contributed by atoms with Gasteiger partial charge in [-0.2, -0.15) is 0 Å². The van der Waals surface area contributed by atoms with Gasteiger partial charge in [-0.25, -0.2) is 8.42 Å². The van der Waals surface area contributed by atoms with Crippen LogP contribution in [0, 0.1) is 20.8 Å². The molecule has 0 bridgehead atoms. The summed E-state index contributed by atoms with van der Waals surface area (Å²) in [6.07, 6.45) is 1.96. The minimum Gasteiger partial charge on any atom is -0.352 e. The zero-order chi connectivity index (χ0) is 30.2. The van der Waals surface area contributed by atoms with Gasteiger partial charge < -0.3 is 10.2 Å². The molecule has 0 radical (unpaired) electrons. The first-order chi connectivity index (χ1) is 19.4. The van der Waals surface area contributed by atoms with Crippen molar-refractivity contribution in [3.8, 4) is 0 Å². The fraction of sp³-hybridized carbons (Fsp3) is 0.394. The minimum absolute atomic E-state index is 0.0857. The second-order valence-corrected chi connectivity index (χ2v) is 12.9. The second kappa shape index (κ2) is 14.3. The molecule has 41 heavy (non-hydrogen) atoms. The Morgan fingerprint density at radius 1 is 0.854 bits per heavy atom. The highest BCUT2D eigenvalue weighted by molar-refractivity contribution is 7.92. The molecule has 0 heterocycles. The molecule has 0 unspecified atom stereocenters. The minimum atomic E-state index is -3.56. The summed E-state index contributed by atoms with van der Waals surface area (Å²) in [5, 5.41) is 3.00. The van der Waals surface area contributed by atoms with Crippen molar-refractivity contribution in [2.45, 2.75) is 72.5 Å². The molecule has 2 amide bonds. The molecular formula is C33H43N3O4S. The average molecular weight is 578 g/mol. The fourth-order valence-electron chi connectivity index (χ4n) is 4.79. The summed E-state index contributed by atoms with van der Waals surface area (Å²) >= 11 is 0. The normalized spacial score (nSPS) is 12.2. The highest BCUT2D eigenvalue weighted by Crippen LogP contribution is 2.23. The summed E-state index contributed by atoms with van der Waals surface area (Å²) in [7, 11) is -3.56. The lowest BCUT2D eigenvalue weighted by Crippen LogP contribution is -2.52. The summed E-state index contributed by atoms with van der Waals surface area (Å²) < 4.78 is 26.7. The summed E-state index contributed by atoms with van der Waals surface area (Å²) in [5.74, 6) is -0.402. The van der Waals surface area contributed by atoms with Crippen LogP contribution in [0.3, 0.4) is 0 Å². The van der Waals surface area contributed by atoms with Gasteiger partial charge in [-0.15, -0.1) is 0 Å². The number of hydrogen-bond donors (Lipinski definition) is 1. The van der Waals surface area contributed by atoms with Crippen LogP contribution in [0.5, 0.6) is 0 Å². The lowest BCUT2D eigenvalue weighted by molar-refractivity contribution is -0.141. The number of benzene rings is 3. The predicted octanol–water partition coefficient (Wildman–Crippen LogP) is 5.32. The number of nitrogens with one attached hydrogen (secondary N) is 1. The van der Waals surface area contributed by atoms with Crippen LogP contribution in [0.1, 0.15) is 54.5 Å². The molecule has 0 aromatic heterocycles. The van der Waals surface area contributed by atoms with Crippen LogP contribution in [0.25, 0.3) is 0 Å². The standard InChI is InChI=1S/C33H43N3O4S/c1-24(2)34-33(38)31(22-28-14-8-7-9-15-28)35(23-29-16-11-10-13-26(29)4)32(37)17-12-20-36(41(6,39)40)30-19-18-25(3)27(5)21-30/h7-11,13-16,18-19,21,24,31H,12,17,20,22-23H2,1-6H3,(H,34,38)/t31-/m1/s1. The van der Waals surface area contributed by atoms with Gasteiger partial charge in [-0.3, -0.25) is 13.9 Å². The van der Waals surface area contributed by atoms with E-state index in [1.165, 1.54) is 10.6 Å². The third-order valence-electron chi connectivity index (χ3n) is 7.23.